The van der Waals surface area contributed by atoms with Crippen LogP contribution in [0.25, 0.3) is 22.0 Å². The van der Waals surface area contributed by atoms with Crippen LogP contribution < -0.4 is 5.32 Å². The van der Waals surface area contributed by atoms with Crippen LogP contribution >= 0.6 is 11.6 Å². The molecular weight excluding hydrogens is 511 g/mol. The van der Waals surface area contributed by atoms with Gasteiger partial charge in [-0.25, -0.2) is 14.4 Å². The second-order valence-corrected chi connectivity index (χ2v) is 10.2. The first-order chi connectivity index (χ1) is 18.7. The van der Waals surface area contributed by atoms with E-state index in [1.165, 1.54) is 6.07 Å². The fourth-order valence-electron chi connectivity index (χ4n) is 4.20. The highest BCUT2D eigenvalue weighted by Gasteiger charge is 2.20. The molecular formula is C32H26ClFN4O. The van der Waals surface area contributed by atoms with Gasteiger partial charge in [0.05, 0.1) is 22.3 Å². The number of nitrogens with one attached hydrogen (secondary N) is 1. The lowest BCUT2D eigenvalue weighted by Gasteiger charge is -2.19. The maximum absolute atomic E-state index is 14.9. The van der Waals surface area contributed by atoms with Crippen LogP contribution in [0.15, 0.2) is 85.3 Å². The predicted octanol–water partition coefficient (Wildman–Crippen LogP) is 7.28. The van der Waals surface area contributed by atoms with Gasteiger partial charge in [-0.1, -0.05) is 47.7 Å². The third kappa shape index (κ3) is 5.91. The molecule has 0 saturated heterocycles. The molecule has 0 aliphatic heterocycles. The number of halogens is 2. The number of benzene rings is 3. The molecule has 7 heteroatoms. The molecule has 3 aromatic carbocycles. The maximum Gasteiger partial charge on any atom is 0.159 e. The Labute approximate surface area is 231 Å². The second-order valence-electron chi connectivity index (χ2n) is 9.79. The minimum Gasteiger partial charge on any atom is -0.382 e. The van der Waals surface area contributed by atoms with Crippen LogP contribution in [-0.2, 0) is 5.60 Å². The van der Waals surface area contributed by atoms with Crippen LogP contribution in [-0.4, -0.2) is 20.1 Å². The number of nitrogens with zero attached hydrogens (tertiary/aromatic N) is 3. The molecule has 0 aliphatic rings. The van der Waals surface area contributed by atoms with Crippen LogP contribution in [0.3, 0.4) is 0 Å². The van der Waals surface area contributed by atoms with E-state index in [0.717, 1.165) is 27.6 Å². The Bertz CT molecular complexity index is 1700. The second kappa shape index (κ2) is 10.8. The van der Waals surface area contributed by atoms with E-state index in [2.05, 4.69) is 32.1 Å². The monoisotopic (exact) mass is 536 g/mol. The number of aliphatic hydroxyl groups is 1. The Kier molecular flexibility index (Phi) is 7.30. The highest BCUT2D eigenvalue weighted by atomic mass is 35.5. The minimum atomic E-state index is -1.13. The molecule has 2 N–H and O–H groups in total. The quantitative estimate of drug-likeness (QED) is 0.231. The molecule has 194 valence electrons. The van der Waals surface area contributed by atoms with Crippen molar-refractivity contribution in [2.45, 2.75) is 32.4 Å². The zero-order chi connectivity index (χ0) is 27.6. The number of hydrogen-bond donors (Lipinski definition) is 2. The fraction of sp³-hybridized carbons (Fsp3) is 0.156. The summed E-state index contributed by atoms with van der Waals surface area (Å²) in [5.41, 5.74) is 3.95. The third-order valence-corrected chi connectivity index (χ3v) is 6.59. The molecule has 2 aromatic heterocycles. The van der Waals surface area contributed by atoms with Crippen molar-refractivity contribution in [3.8, 4) is 23.0 Å². The molecule has 5 aromatic rings. The van der Waals surface area contributed by atoms with Crippen molar-refractivity contribution < 1.29 is 9.50 Å². The predicted molar refractivity (Wildman–Crippen MR) is 154 cm³/mol. The lowest BCUT2D eigenvalue weighted by Crippen LogP contribution is -2.19. The fourth-order valence-corrected chi connectivity index (χ4v) is 4.41. The minimum absolute atomic E-state index is 0.334. The highest BCUT2D eigenvalue weighted by Crippen LogP contribution is 2.35. The van der Waals surface area contributed by atoms with Gasteiger partial charge in [0.1, 0.15) is 11.4 Å². The first-order valence-corrected chi connectivity index (χ1v) is 12.8. The van der Waals surface area contributed by atoms with E-state index in [1.54, 1.807) is 44.6 Å². The van der Waals surface area contributed by atoms with Gasteiger partial charge < -0.3 is 10.4 Å². The lowest BCUT2D eigenvalue weighted by molar-refractivity contribution is 0.0687. The van der Waals surface area contributed by atoms with E-state index < -0.39 is 11.6 Å². The molecule has 0 amide bonds. The lowest BCUT2D eigenvalue weighted by atomic mass is 10.0. The summed E-state index contributed by atoms with van der Waals surface area (Å²) in [5.74, 6) is 6.24. The van der Waals surface area contributed by atoms with E-state index in [4.69, 9.17) is 11.6 Å². The molecule has 39 heavy (non-hydrogen) atoms. The summed E-state index contributed by atoms with van der Waals surface area (Å²) in [5, 5.41) is 14.8. The zero-order valence-corrected chi connectivity index (χ0v) is 22.5. The van der Waals surface area contributed by atoms with Crippen LogP contribution in [0.2, 0.25) is 5.02 Å². The molecule has 1 unspecified atom stereocenters. The van der Waals surface area contributed by atoms with Crippen molar-refractivity contribution in [2.75, 3.05) is 5.32 Å². The average Bonchev–Trinajstić information content (AvgIpc) is 2.94. The first-order valence-electron chi connectivity index (χ1n) is 12.5. The number of hydrogen-bond acceptors (Lipinski definition) is 5. The first kappa shape index (κ1) is 26.3. The van der Waals surface area contributed by atoms with E-state index in [9.17, 15) is 9.50 Å². The molecule has 0 saturated carbocycles. The average molecular weight is 537 g/mol. The molecule has 0 fully saturated rings. The summed E-state index contributed by atoms with van der Waals surface area (Å²) in [7, 11) is 0. The van der Waals surface area contributed by atoms with Gasteiger partial charge in [0.15, 0.2) is 5.82 Å². The SMILES string of the molecule is CC(Nc1c(Cl)cnc2ccc(-c3cnc(C(C)(C)O)nc3)cc12)c1cc(C#Cc2ccccc2)ccc1F. The topological polar surface area (TPSA) is 70.9 Å². The summed E-state index contributed by atoms with van der Waals surface area (Å²) in [6.45, 7) is 5.15. The van der Waals surface area contributed by atoms with Gasteiger partial charge >= 0.3 is 0 Å². The number of pyridine rings is 1. The van der Waals surface area contributed by atoms with Crippen LogP contribution in [0.1, 0.15) is 49.3 Å². The maximum atomic E-state index is 14.9. The Morgan fingerprint density at radius 2 is 1.59 bits per heavy atom. The Balaban J connectivity index is 1.47. The molecule has 5 rings (SSSR count). The van der Waals surface area contributed by atoms with Crippen LogP contribution in [0.5, 0.6) is 0 Å². The molecule has 0 aliphatic carbocycles. The van der Waals surface area contributed by atoms with E-state index in [1.807, 2.05) is 55.5 Å². The summed E-state index contributed by atoms with van der Waals surface area (Å²) < 4.78 is 14.9. The van der Waals surface area contributed by atoms with Gasteiger partial charge in [0, 0.05) is 46.2 Å². The zero-order valence-electron chi connectivity index (χ0n) is 21.7. The molecule has 2 heterocycles. The van der Waals surface area contributed by atoms with Crippen molar-refractivity contribution in [3.63, 3.8) is 0 Å². The smallest absolute Gasteiger partial charge is 0.159 e. The highest BCUT2D eigenvalue weighted by molar-refractivity contribution is 6.34. The standard InChI is InChI=1S/C32H26ClFN4O/c1-20(25-15-22(11-13-28(25)34)10-9-21-7-5-4-6-8-21)38-30-26-16-23(12-14-29(26)35-19-27(30)33)24-17-36-31(37-18-24)32(2,3)39/h4-8,11-20,39H,1-3H3,(H,35,38). The number of rotatable bonds is 5. The third-order valence-electron chi connectivity index (χ3n) is 6.30. The van der Waals surface area contributed by atoms with Gasteiger partial charge in [-0.15, -0.1) is 0 Å². The summed E-state index contributed by atoms with van der Waals surface area (Å²) >= 11 is 6.60. The van der Waals surface area contributed by atoms with Crippen molar-refractivity contribution in [1.29, 1.82) is 0 Å². The van der Waals surface area contributed by atoms with Gasteiger partial charge in [-0.2, -0.15) is 0 Å². The van der Waals surface area contributed by atoms with E-state index >= 15 is 0 Å². The van der Waals surface area contributed by atoms with Crippen molar-refractivity contribution in [1.82, 2.24) is 15.0 Å². The van der Waals surface area contributed by atoms with Crippen molar-refractivity contribution >= 4 is 28.2 Å². The number of fused-ring (bicyclic) bond motifs is 1. The Hall–Kier alpha value is -4.31. The normalized spacial score (nSPS) is 12.1. The molecule has 1 atom stereocenters. The van der Waals surface area contributed by atoms with Gasteiger partial charge in [0.2, 0.25) is 0 Å². The molecule has 5 nitrogen and oxygen atoms in total. The summed E-state index contributed by atoms with van der Waals surface area (Å²) in [4.78, 5) is 13.1. The van der Waals surface area contributed by atoms with Crippen LogP contribution in [0, 0.1) is 17.7 Å². The number of aromatic nitrogens is 3. The summed E-state index contributed by atoms with van der Waals surface area (Å²) in [6, 6.07) is 19.9. The van der Waals surface area contributed by atoms with Crippen LogP contribution in [0.4, 0.5) is 10.1 Å². The molecule has 0 radical (unpaired) electrons. The Morgan fingerprint density at radius 1 is 0.872 bits per heavy atom. The van der Waals surface area contributed by atoms with Gasteiger partial charge in [-0.3, -0.25) is 4.98 Å². The Morgan fingerprint density at radius 3 is 2.31 bits per heavy atom. The largest absolute Gasteiger partial charge is 0.382 e. The van der Waals surface area contributed by atoms with E-state index in [0.29, 0.717) is 27.7 Å². The summed E-state index contributed by atoms with van der Waals surface area (Å²) in [6.07, 6.45) is 4.93. The van der Waals surface area contributed by atoms with Crippen molar-refractivity contribution in [2.24, 2.45) is 0 Å². The van der Waals surface area contributed by atoms with E-state index in [-0.39, 0.29) is 5.82 Å². The number of anilines is 1. The molecule has 0 bridgehead atoms. The van der Waals surface area contributed by atoms with Gasteiger partial charge in [0.25, 0.3) is 0 Å². The molecule has 0 spiro atoms. The van der Waals surface area contributed by atoms with Crippen molar-refractivity contribution in [3.05, 3.63) is 119 Å². The van der Waals surface area contributed by atoms with Gasteiger partial charge in [-0.05, 0) is 68.8 Å².